The molecule has 1 aliphatic carbocycles. The van der Waals surface area contributed by atoms with E-state index in [2.05, 4.69) is 25.7 Å². The number of rotatable bonds is 2. The topological polar surface area (TPSA) is 38.5 Å². The van der Waals surface area contributed by atoms with Crippen LogP contribution in [-0.2, 0) is 4.74 Å². The van der Waals surface area contributed by atoms with Crippen LogP contribution in [-0.4, -0.2) is 43.3 Å². The van der Waals surface area contributed by atoms with E-state index in [0.717, 1.165) is 31.7 Å². The van der Waals surface area contributed by atoms with Crippen LogP contribution in [0.2, 0.25) is 0 Å². The van der Waals surface area contributed by atoms with Crippen LogP contribution in [0, 0.1) is 11.3 Å². The summed E-state index contributed by atoms with van der Waals surface area (Å²) in [5, 5.41) is 0. The summed E-state index contributed by atoms with van der Waals surface area (Å²) in [6.07, 6.45) is 4.30. The van der Waals surface area contributed by atoms with Crippen LogP contribution in [0.5, 0.6) is 0 Å². The first-order chi connectivity index (χ1) is 8.00. The average molecular weight is 240 g/mol. The molecule has 3 heteroatoms. The molecule has 1 saturated carbocycles. The summed E-state index contributed by atoms with van der Waals surface area (Å²) in [7, 11) is 0. The zero-order chi connectivity index (χ0) is 12.5. The smallest absolute Gasteiger partial charge is 0.0824 e. The first-order valence-electron chi connectivity index (χ1n) is 7.06. The molecule has 1 saturated heterocycles. The van der Waals surface area contributed by atoms with Gasteiger partial charge in [-0.25, -0.2) is 0 Å². The molecule has 0 amide bonds. The Balaban J connectivity index is 1.96. The quantitative estimate of drug-likeness (QED) is 0.800. The van der Waals surface area contributed by atoms with Gasteiger partial charge in [-0.15, -0.1) is 0 Å². The number of morpholine rings is 1. The lowest BCUT2D eigenvalue weighted by Crippen LogP contribution is -2.52. The van der Waals surface area contributed by atoms with Crippen LogP contribution < -0.4 is 5.73 Å². The Morgan fingerprint density at radius 2 is 2.12 bits per heavy atom. The molecule has 3 unspecified atom stereocenters. The molecule has 0 aromatic rings. The lowest BCUT2D eigenvalue weighted by molar-refractivity contribution is -0.0561. The molecule has 2 rings (SSSR count). The Kier molecular flexibility index (Phi) is 4.11. The van der Waals surface area contributed by atoms with Gasteiger partial charge in [0.15, 0.2) is 0 Å². The standard InChI is InChI=1S/C14H28N2O/c1-11-6-12(8-14(2,3)7-11)16-4-5-17-13(9-15)10-16/h11-13H,4-10,15H2,1-3H3. The molecule has 3 nitrogen and oxygen atoms in total. The third-order valence-corrected chi connectivity index (χ3v) is 4.31. The van der Waals surface area contributed by atoms with Crippen molar-refractivity contribution in [2.24, 2.45) is 17.1 Å². The van der Waals surface area contributed by atoms with Gasteiger partial charge in [-0.1, -0.05) is 20.8 Å². The van der Waals surface area contributed by atoms with E-state index >= 15 is 0 Å². The maximum Gasteiger partial charge on any atom is 0.0824 e. The van der Waals surface area contributed by atoms with E-state index in [9.17, 15) is 0 Å². The summed E-state index contributed by atoms with van der Waals surface area (Å²) in [5.74, 6) is 0.850. The third-order valence-electron chi connectivity index (χ3n) is 4.31. The summed E-state index contributed by atoms with van der Waals surface area (Å²) < 4.78 is 5.66. The Morgan fingerprint density at radius 1 is 1.35 bits per heavy atom. The number of nitrogens with zero attached hydrogens (tertiary/aromatic N) is 1. The molecular formula is C14H28N2O. The highest BCUT2D eigenvalue weighted by Crippen LogP contribution is 2.40. The van der Waals surface area contributed by atoms with Gasteiger partial charge < -0.3 is 10.5 Å². The van der Waals surface area contributed by atoms with Gasteiger partial charge in [0, 0.05) is 25.7 Å². The highest BCUT2D eigenvalue weighted by atomic mass is 16.5. The molecule has 0 spiro atoms. The molecule has 1 heterocycles. The van der Waals surface area contributed by atoms with Crippen molar-refractivity contribution in [2.45, 2.75) is 52.2 Å². The van der Waals surface area contributed by atoms with E-state index < -0.39 is 0 Å². The lowest BCUT2D eigenvalue weighted by atomic mass is 9.70. The van der Waals surface area contributed by atoms with E-state index in [0.29, 0.717) is 12.0 Å². The molecular weight excluding hydrogens is 212 g/mol. The first kappa shape index (κ1) is 13.3. The molecule has 0 bridgehead atoms. The second-order valence-corrected chi connectivity index (χ2v) is 6.79. The van der Waals surface area contributed by atoms with Gasteiger partial charge in [-0.3, -0.25) is 4.90 Å². The zero-order valence-corrected chi connectivity index (χ0v) is 11.6. The summed E-state index contributed by atoms with van der Waals surface area (Å²) in [6.45, 7) is 10.9. The Morgan fingerprint density at radius 3 is 2.76 bits per heavy atom. The third kappa shape index (κ3) is 3.43. The van der Waals surface area contributed by atoms with Gasteiger partial charge in [0.2, 0.25) is 0 Å². The highest BCUT2D eigenvalue weighted by molar-refractivity contribution is 4.89. The van der Waals surface area contributed by atoms with Gasteiger partial charge >= 0.3 is 0 Å². The van der Waals surface area contributed by atoms with Crippen molar-refractivity contribution in [1.29, 1.82) is 0 Å². The lowest BCUT2D eigenvalue weighted by Gasteiger charge is -2.46. The molecule has 0 radical (unpaired) electrons. The van der Waals surface area contributed by atoms with Crippen molar-refractivity contribution in [3.63, 3.8) is 0 Å². The average Bonchev–Trinajstić information content (AvgIpc) is 2.26. The summed E-state index contributed by atoms with van der Waals surface area (Å²) in [6, 6.07) is 0.742. The van der Waals surface area contributed by atoms with Crippen molar-refractivity contribution in [1.82, 2.24) is 4.90 Å². The van der Waals surface area contributed by atoms with Gasteiger partial charge in [-0.05, 0) is 30.6 Å². The van der Waals surface area contributed by atoms with E-state index in [-0.39, 0.29) is 6.10 Å². The van der Waals surface area contributed by atoms with Gasteiger partial charge in [0.1, 0.15) is 0 Å². The van der Waals surface area contributed by atoms with Crippen molar-refractivity contribution in [3.8, 4) is 0 Å². The first-order valence-corrected chi connectivity index (χ1v) is 7.06. The molecule has 1 aliphatic heterocycles. The molecule has 2 fully saturated rings. The van der Waals surface area contributed by atoms with E-state index in [1.54, 1.807) is 0 Å². The van der Waals surface area contributed by atoms with E-state index in [1.807, 2.05) is 0 Å². The molecule has 0 aromatic heterocycles. The number of hydrogen-bond acceptors (Lipinski definition) is 3. The van der Waals surface area contributed by atoms with E-state index in [4.69, 9.17) is 10.5 Å². The van der Waals surface area contributed by atoms with Crippen LogP contribution >= 0.6 is 0 Å². The summed E-state index contributed by atoms with van der Waals surface area (Å²) in [5.41, 5.74) is 6.22. The second-order valence-electron chi connectivity index (χ2n) is 6.79. The van der Waals surface area contributed by atoms with E-state index in [1.165, 1.54) is 19.3 Å². The molecule has 0 aromatic carbocycles. The molecule has 2 N–H and O–H groups in total. The monoisotopic (exact) mass is 240 g/mol. The van der Waals surface area contributed by atoms with Gasteiger partial charge in [-0.2, -0.15) is 0 Å². The van der Waals surface area contributed by atoms with Crippen molar-refractivity contribution >= 4 is 0 Å². The number of hydrogen-bond donors (Lipinski definition) is 1. The van der Waals surface area contributed by atoms with Crippen molar-refractivity contribution < 1.29 is 4.74 Å². The maximum atomic E-state index is 5.72. The minimum Gasteiger partial charge on any atom is -0.374 e. The van der Waals surface area contributed by atoms with Gasteiger partial charge in [0.05, 0.1) is 12.7 Å². The normalized spacial score (nSPS) is 39.2. The molecule has 2 aliphatic rings. The van der Waals surface area contributed by atoms with Gasteiger partial charge in [0.25, 0.3) is 0 Å². The second kappa shape index (κ2) is 5.25. The van der Waals surface area contributed by atoms with Crippen molar-refractivity contribution in [2.75, 3.05) is 26.2 Å². The maximum absolute atomic E-state index is 5.72. The fourth-order valence-corrected chi connectivity index (χ4v) is 3.79. The minimum absolute atomic E-state index is 0.254. The summed E-state index contributed by atoms with van der Waals surface area (Å²) in [4.78, 5) is 2.62. The molecule has 3 atom stereocenters. The summed E-state index contributed by atoms with van der Waals surface area (Å²) >= 11 is 0. The number of ether oxygens (including phenoxy) is 1. The molecule has 100 valence electrons. The SMILES string of the molecule is CC1CC(N2CCOC(CN)C2)CC(C)(C)C1. The van der Waals surface area contributed by atoms with Crippen LogP contribution in [0.25, 0.3) is 0 Å². The minimum atomic E-state index is 0.254. The Bertz CT molecular complexity index is 255. The van der Waals surface area contributed by atoms with Crippen LogP contribution in [0.4, 0.5) is 0 Å². The Labute approximate surface area is 106 Å². The predicted molar refractivity (Wildman–Crippen MR) is 71.0 cm³/mol. The number of nitrogens with two attached hydrogens (primary N) is 1. The van der Waals surface area contributed by atoms with Crippen LogP contribution in [0.15, 0.2) is 0 Å². The van der Waals surface area contributed by atoms with Crippen LogP contribution in [0.1, 0.15) is 40.0 Å². The fourth-order valence-electron chi connectivity index (χ4n) is 3.79. The van der Waals surface area contributed by atoms with Crippen molar-refractivity contribution in [3.05, 3.63) is 0 Å². The highest BCUT2D eigenvalue weighted by Gasteiger charge is 2.36. The predicted octanol–water partition coefficient (Wildman–Crippen LogP) is 1.86. The molecule has 17 heavy (non-hydrogen) atoms. The zero-order valence-electron chi connectivity index (χ0n) is 11.6. The largest absolute Gasteiger partial charge is 0.374 e. The Hall–Kier alpha value is -0.120. The fraction of sp³-hybridized carbons (Fsp3) is 1.00. The van der Waals surface area contributed by atoms with Crippen LogP contribution in [0.3, 0.4) is 0 Å².